The van der Waals surface area contributed by atoms with E-state index in [2.05, 4.69) is 6.58 Å². The molecule has 3 nitrogen and oxygen atoms in total. The van der Waals surface area contributed by atoms with E-state index in [1.807, 2.05) is 0 Å². The van der Waals surface area contributed by atoms with E-state index in [1.54, 1.807) is 12.1 Å². The van der Waals surface area contributed by atoms with Gasteiger partial charge in [0, 0.05) is 5.56 Å². The monoisotopic (exact) mass is 164 g/mol. The van der Waals surface area contributed by atoms with Gasteiger partial charge in [0.15, 0.2) is 0 Å². The van der Waals surface area contributed by atoms with Crippen molar-refractivity contribution in [1.82, 2.24) is 0 Å². The standard InChI is InChI=1S/C9H8O3/c1-2-6-4-3-5-7(8(6)10)9(11)12/h2-5,10H,1H2,(H,11,12). The number of hydrogen-bond acceptors (Lipinski definition) is 2. The van der Waals surface area contributed by atoms with Crippen molar-refractivity contribution in [2.45, 2.75) is 0 Å². The van der Waals surface area contributed by atoms with Gasteiger partial charge >= 0.3 is 5.97 Å². The molecule has 0 unspecified atom stereocenters. The third-order valence-electron chi connectivity index (χ3n) is 1.52. The van der Waals surface area contributed by atoms with Gasteiger partial charge in [-0.05, 0) is 6.07 Å². The van der Waals surface area contributed by atoms with Crippen molar-refractivity contribution in [2.24, 2.45) is 0 Å². The zero-order valence-electron chi connectivity index (χ0n) is 6.32. The van der Waals surface area contributed by atoms with Crippen LogP contribution < -0.4 is 0 Å². The average molecular weight is 164 g/mol. The highest BCUT2D eigenvalue weighted by atomic mass is 16.4. The summed E-state index contributed by atoms with van der Waals surface area (Å²) in [4.78, 5) is 10.5. The van der Waals surface area contributed by atoms with Crippen molar-refractivity contribution in [3.63, 3.8) is 0 Å². The van der Waals surface area contributed by atoms with E-state index in [0.29, 0.717) is 5.56 Å². The number of carboxylic acid groups (broad SMARTS) is 1. The summed E-state index contributed by atoms with van der Waals surface area (Å²) >= 11 is 0. The topological polar surface area (TPSA) is 57.5 Å². The molecule has 0 amide bonds. The maximum atomic E-state index is 10.5. The third-order valence-corrected chi connectivity index (χ3v) is 1.52. The molecule has 62 valence electrons. The number of aromatic hydroxyl groups is 1. The number of aromatic carboxylic acids is 1. The third kappa shape index (κ3) is 1.29. The summed E-state index contributed by atoms with van der Waals surface area (Å²) < 4.78 is 0. The number of hydrogen-bond donors (Lipinski definition) is 2. The number of rotatable bonds is 2. The van der Waals surface area contributed by atoms with Crippen LogP contribution in [-0.4, -0.2) is 16.2 Å². The highest BCUT2D eigenvalue weighted by molar-refractivity contribution is 5.92. The molecule has 3 heteroatoms. The van der Waals surface area contributed by atoms with E-state index in [0.717, 1.165) is 0 Å². The van der Waals surface area contributed by atoms with Gasteiger partial charge in [-0.25, -0.2) is 4.79 Å². The number of phenols is 1. The number of carboxylic acids is 1. The fourth-order valence-corrected chi connectivity index (χ4v) is 0.899. The number of para-hydroxylation sites is 1. The van der Waals surface area contributed by atoms with E-state index in [4.69, 9.17) is 5.11 Å². The molecule has 1 rings (SSSR count). The lowest BCUT2D eigenvalue weighted by Gasteiger charge is -2.01. The summed E-state index contributed by atoms with van der Waals surface area (Å²) in [6, 6.07) is 4.49. The summed E-state index contributed by atoms with van der Waals surface area (Å²) in [7, 11) is 0. The van der Waals surface area contributed by atoms with Crippen LogP contribution in [0.2, 0.25) is 0 Å². The van der Waals surface area contributed by atoms with Crippen molar-refractivity contribution in [3.8, 4) is 5.75 Å². The Morgan fingerprint density at radius 3 is 2.67 bits per heavy atom. The van der Waals surface area contributed by atoms with Crippen molar-refractivity contribution < 1.29 is 15.0 Å². The fourth-order valence-electron chi connectivity index (χ4n) is 0.899. The second kappa shape index (κ2) is 3.09. The van der Waals surface area contributed by atoms with Gasteiger partial charge in [-0.3, -0.25) is 0 Å². The Morgan fingerprint density at radius 1 is 1.50 bits per heavy atom. The van der Waals surface area contributed by atoms with Crippen LogP contribution in [0.5, 0.6) is 5.75 Å². The fraction of sp³-hybridized carbons (Fsp3) is 0. The quantitative estimate of drug-likeness (QED) is 0.699. The second-order valence-electron chi connectivity index (χ2n) is 2.25. The molecule has 0 radical (unpaired) electrons. The first kappa shape index (κ1) is 8.33. The van der Waals surface area contributed by atoms with Gasteiger partial charge in [-0.1, -0.05) is 24.8 Å². The minimum Gasteiger partial charge on any atom is -0.506 e. The van der Waals surface area contributed by atoms with Crippen LogP contribution in [0.3, 0.4) is 0 Å². The second-order valence-corrected chi connectivity index (χ2v) is 2.25. The molecule has 0 aliphatic heterocycles. The Kier molecular flexibility index (Phi) is 2.14. The van der Waals surface area contributed by atoms with E-state index in [1.165, 1.54) is 12.1 Å². The molecule has 12 heavy (non-hydrogen) atoms. The largest absolute Gasteiger partial charge is 0.506 e. The molecule has 1 aromatic rings. The van der Waals surface area contributed by atoms with Gasteiger partial charge in [0.05, 0.1) is 0 Å². The number of carbonyl (C=O) groups is 1. The molecule has 0 saturated heterocycles. The zero-order valence-corrected chi connectivity index (χ0v) is 6.32. The highest BCUT2D eigenvalue weighted by Crippen LogP contribution is 2.22. The highest BCUT2D eigenvalue weighted by Gasteiger charge is 2.10. The van der Waals surface area contributed by atoms with Gasteiger partial charge < -0.3 is 10.2 Å². The molecule has 0 heterocycles. The number of benzene rings is 1. The van der Waals surface area contributed by atoms with E-state index in [9.17, 15) is 9.90 Å². The molecule has 2 N–H and O–H groups in total. The normalized spacial score (nSPS) is 9.33. The molecule has 1 aromatic carbocycles. The SMILES string of the molecule is C=Cc1cccc(C(=O)O)c1O. The molecule has 0 bridgehead atoms. The maximum Gasteiger partial charge on any atom is 0.339 e. The summed E-state index contributed by atoms with van der Waals surface area (Å²) in [6.07, 6.45) is 1.40. The molecule has 0 saturated carbocycles. The lowest BCUT2D eigenvalue weighted by molar-refractivity contribution is 0.0693. The zero-order chi connectivity index (χ0) is 9.14. The molecular formula is C9H8O3. The smallest absolute Gasteiger partial charge is 0.339 e. The molecule has 0 aliphatic carbocycles. The Balaban J connectivity index is 3.32. The summed E-state index contributed by atoms with van der Waals surface area (Å²) in [5.74, 6) is -1.38. The summed E-state index contributed by atoms with van der Waals surface area (Å²) in [5.41, 5.74) is 0.322. The van der Waals surface area contributed by atoms with Crippen LogP contribution in [0.25, 0.3) is 6.08 Å². The van der Waals surface area contributed by atoms with E-state index in [-0.39, 0.29) is 11.3 Å². The van der Waals surface area contributed by atoms with Crippen molar-refractivity contribution >= 4 is 12.0 Å². The van der Waals surface area contributed by atoms with Gasteiger partial charge in [0.25, 0.3) is 0 Å². The lowest BCUT2D eigenvalue weighted by atomic mass is 10.1. The molecule has 0 atom stereocenters. The Hall–Kier alpha value is -1.77. The minimum atomic E-state index is -1.14. The predicted molar refractivity (Wildman–Crippen MR) is 45.2 cm³/mol. The summed E-state index contributed by atoms with van der Waals surface area (Å²) in [6.45, 7) is 3.44. The molecule has 0 fully saturated rings. The Bertz CT molecular complexity index is 329. The Labute approximate surface area is 69.6 Å². The molecule has 0 aliphatic rings. The van der Waals surface area contributed by atoms with Crippen LogP contribution >= 0.6 is 0 Å². The van der Waals surface area contributed by atoms with Crippen molar-refractivity contribution in [1.29, 1.82) is 0 Å². The molecule has 0 spiro atoms. The first-order valence-electron chi connectivity index (χ1n) is 3.34. The van der Waals surface area contributed by atoms with E-state index < -0.39 is 5.97 Å². The predicted octanol–water partition coefficient (Wildman–Crippen LogP) is 1.73. The Morgan fingerprint density at radius 2 is 2.17 bits per heavy atom. The molecular weight excluding hydrogens is 156 g/mol. The molecule has 0 aromatic heterocycles. The lowest BCUT2D eigenvalue weighted by Crippen LogP contribution is -1.96. The van der Waals surface area contributed by atoms with Crippen LogP contribution in [-0.2, 0) is 0 Å². The maximum absolute atomic E-state index is 10.5. The van der Waals surface area contributed by atoms with Crippen molar-refractivity contribution in [3.05, 3.63) is 35.9 Å². The van der Waals surface area contributed by atoms with Gasteiger partial charge in [-0.15, -0.1) is 0 Å². The van der Waals surface area contributed by atoms with Gasteiger partial charge in [0.2, 0.25) is 0 Å². The van der Waals surface area contributed by atoms with Gasteiger partial charge in [0.1, 0.15) is 11.3 Å². The van der Waals surface area contributed by atoms with E-state index >= 15 is 0 Å². The summed E-state index contributed by atoms with van der Waals surface area (Å²) in [5, 5.41) is 17.9. The van der Waals surface area contributed by atoms with Crippen LogP contribution in [0.15, 0.2) is 24.8 Å². The van der Waals surface area contributed by atoms with Crippen LogP contribution in [0.1, 0.15) is 15.9 Å². The first-order chi connectivity index (χ1) is 5.66. The average Bonchev–Trinajstić information content (AvgIpc) is 2.04. The van der Waals surface area contributed by atoms with Gasteiger partial charge in [-0.2, -0.15) is 0 Å². The minimum absolute atomic E-state index is 0.104. The van der Waals surface area contributed by atoms with Crippen LogP contribution in [0, 0.1) is 0 Å². The first-order valence-corrected chi connectivity index (χ1v) is 3.34. The van der Waals surface area contributed by atoms with Crippen molar-refractivity contribution in [2.75, 3.05) is 0 Å². The van der Waals surface area contributed by atoms with Crippen LogP contribution in [0.4, 0.5) is 0 Å².